The first kappa shape index (κ1) is 22.2. The van der Waals surface area contributed by atoms with E-state index in [0.29, 0.717) is 11.6 Å². The van der Waals surface area contributed by atoms with Crippen LogP contribution in [0.3, 0.4) is 0 Å². The topological polar surface area (TPSA) is 71.8 Å². The third-order valence-electron chi connectivity index (χ3n) is 5.28. The third-order valence-corrected chi connectivity index (χ3v) is 6.50. The minimum atomic E-state index is -4.49. The van der Waals surface area contributed by atoms with Gasteiger partial charge < -0.3 is 10.7 Å². The number of alkyl halides is 3. The maximum Gasteiger partial charge on any atom is 0.416 e. The summed E-state index contributed by atoms with van der Waals surface area (Å²) < 4.78 is 41.0. The molecule has 0 unspecified atom stereocenters. The molecule has 1 amide bonds. The molecule has 0 saturated heterocycles. The van der Waals surface area contributed by atoms with Crippen molar-refractivity contribution >= 4 is 23.4 Å². The highest BCUT2D eigenvalue weighted by Crippen LogP contribution is 2.38. The highest BCUT2D eigenvalue weighted by atomic mass is 32.2. The molecule has 2 N–H and O–H groups in total. The van der Waals surface area contributed by atoms with E-state index in [1.165, 1.54) is 29.5 Å². The monoisotopic (exact) mass is 461 g/mol. The predicted molar refractivity (Wildman–Crippen MR) is 117 cm³/mol. The molecule has 4 rings (SSSR count). The van der Waals surface area contributed by atoms with E-state index in [2.05, 4.69) is 27.9 Å². The summed E-state index contributed by atoms with van der Waals surface area (Å²) in [6, 6.07) is 12.1. The molecule has 0 saturated carbocycles. The van der Waals surface area contributed by atoms with Gasteiger partial charge in [0, 0.05) is 12.1 Å². The highest BCUT2D eigenvalue weighted by molar-refractivity contribution is 8.00. The summed E-state index contributed by atoms with van der Waals surface area (Å²) in [4.78, 5) is 13.2. The second kappa shape index (κ2) is 8.85. The zero-order valence-electron chi connectivity index (χ0n) is 17.5. The van der Waals surface area contributed by atoms with Gasteiger partial charge in [-0.3, -0.25) is 4.79 Å². The quantitative estimate of drug-likeness (QED) is 0.570. The van der Waals surface area contributed by atoms with E-state index in [1.54, 1.807) is 4.68 Å². The SMILES string of the molecule is CCc1ccc([C@@H]2Nn3c(CC)nnc3S[C@@H]2C(=O)Nc2cccc(C(F)(F)F)c2)cc1. The minimum absolute atomic E-state index is 0.0896. The van der Waals surface area contributed by atoms with E-state index in [-0.39, 0.29) is 5.69 Å². The lowest BCUT2D eigenvalue weighted by molar-refractivity contribution is -0.137. The van der Waals surface area contributed by atoms with Gasteiger partial charge in [0.25, 0.3) is 0 Å². The number of carbonyl (C=O) groups is 1. The molecule has 0 fully saturated rings. The maximum absolute atomic E-state index is 13.2. The molecule has 2 atom stereocenters. The number of nitrogens with one attached hydrogen (secondary N) is 2. The first-order valence-corrected chi connectivity index (χ1v) is 11.1. The standard InChI is InChI=1S/C22H22F3N5OS/c1-3-13-8-10-14(11-9-13)18-19(32-21-28-27-17(4-2)30(21)29-18)20(31)26-16-7-5-6-15(12-16)22(23,24)25/h5-12,18-19,29H,3-4H2,1-2H3,(H,26,31)/t18-,19-/m0/s1. The van der Waals surface area contributed by atoms with Gasteiger partial charge in [-0.1, -0.05) is 55.9 Å². The average Bonchev–Trinajstić information content (AvgIpc) is 3.20. The van der Waals surface area contributed by atoms with Gasteiger partial charge in [0.1, 0.15) is 5.25 Å². The van der Waals surface area contributed by atoms with Crippen molar-refractivity contribution in [3.05, 3.63) is 71.0 Å². The molecule has 0 aliphatic carbocycles. The normalized spacial score (nSPS) is 18.0. The Bertz CT molecular complexity index is 1110. The summed E-state index contributed by atoms with van der Waals surface area (Å²) in [6.45, 7) is 4.02. The summed E-state index contributed by atoms with van der Waals surface area (Å²) in [5.74, 6) is 0.318. The van der Waals surface area contributed by atoms with Crippen LogP contribution < -0.4 is 10.7 Å². The third kappa shape index (κ3) is 4.45. The van der Waals surface area contributed by atoms with Crippen LogP contribution in [0, 0.1) is 0 Å². The first-order valence-electron chi connectivity index (χ1n) is 10.2. The fraction of sp³-hybridized carbons (Fsp3) is 0.318. The Kier molecular flexibility index (Phi) is 6.14. The zero-order valence-corrected chi connectivity index (χ0v) is 18.3. The van der Waals surface area contributed by atoms with Gasteiger partial charge in [-0.25, -0.2) is 4.68 Å². The zero-order chi connectivity index (χ0) is 22.9. The molecule has 168 valence electrons. The van der Waals surface area contributed by atoms with Gasteiger partial charge in [0.2, 0.25) is 11.1 Å². The number of nitrogens with zero attached hydrogens (tertiary/aromatic N) is 3. The molecule has 32 heavy (non-hydrogen) atoms. The van der Waals surface area contributed by atoms with Crippen LogP contribution in [-0.4, -0.2) is 26.0 Å². The van der Waals surface area contributed by atoms with Crippen LogP contribution in [0.25, 0.3) is 0 Å². The number of thioether (sulfide) groups is 1. The van der Waals surface area contributed by atoms with Crippen LogP contribution in [0.15, 0.2) is 53.7 Å². The molecule has 0 radical (unpaired) electrons. The van der Waals surface area contributed by atoms with Crippen molar-refractivity contribution in [1.29, 1.82) is 0 Å². The molecule has 0 spiro atoms. The van der Waals surface area contributed by atoms with E-state index in [0.717, 1.165) is 29.9 Å². The van der Waals surface area contributed by atoms with Crippen LogP contribution in [0.4, 0.5) is 18.9 Å². The van der Waals surface area contributed by atoms with Crippen LogP contribution >= 0.6 is 11.8 Å². The molecule has 10 heteroatoms. The fourth-order valence-electron chi connectivity index (χ4n) is 3.53. The number of fused-ring (bicyclic) bond motifs is 1. The lowest BCUT2D eigenvalue weighted by Crippen LogP contribution is -2.41. The molecular weight excluding hydrogens is 439 g/mol. The predicted octanol–water partition coefficient (Wildman–Crippen LogP) is 4.82. The minimum Gasteiger partial charge on any atom is -0.325 e. The van der Waals surface area contributed by atoms with Gasteiger partial charge in [-0.2, -0.15) is 13.2 Å². The van der Waals surface area contributed by atoms with Crippen LogP contribution in [0.5, 0.6) is 0 Å². The summed E-state index contributed by atoms with van der Waals surface area (Å²) in [5, 5.41) is 10.8. The van der Waals surface area contributed by atoms with Gasteiger partial charge in [-0.15, -0.1) is 10.2 Å². The van der Waals surface area contributed by atoms with E-state index >= 15 is 0 Å². The first-order chi connectivity index (χ1) is 15.3. The number of carbonyl (C=O) groups excluding carboxylic acids is 1. The largest absolute Gasteiger partial charge is 0.416 e. The molecule has 0 bridgehead atoms. The number of hydrogen-bond acceptors (Lipinski definition) is 5. The number of aromatic nitrogens is 3. The van der Waals surface area contributed by atoms with Crippen molar-refractivity contribution in [2.24, 2.45) is 0 Å². The summed E-state index contributed by atoms with van der Waals surface area (Å²) in [6.07, 6.45) is -2.94. The number of amides is 1. The molecule has 2 aromatic carbocycles. The molecule has 1 aliphatic heterocycles. The van der Waals surface area contributed by atoms with Crippen molar-refractivity contribution < 1.29 is 18.0 Å². The van der Waals surface area contributed by atoms with Crippen LogP contribution in [0.1, 0.15) is 42.4 Å². The Morgan fingerprint density at radius 2 is 1.88 bits per heavy atom. The van der Waals surface area contributed by atoms with E-state index in [4.69, 9.17) is 0 Å². The van der Waals surface area contributed by atoms with Gasteiger partial charge in [-0.05, 0) is 35.7 Å². The number of anilines is 1. The Balaban J connectivity index is 1.65. The summed E-state index contributed by atoms with van der Waals surface area (Å²) >= 11 is 1.24. The number of halogens is 3. The van der Waals surface area contributed by atoms with Crippen molar-refractivity contribution in [3.63, 3.8) is 0 Å². The average molecular weight is 462 g/mol. The van der Waals surface area contributed by atoms with Gasteiger partial charge >= 0.3 is 6.18 Å². The Labute approximate surface area is 187 Å². The molecule has 1 aliphatic rings. The lowest BCUT2D eigenvalue weighted by atomic mass is 10.0. The number of benzene rings is 2. The van der Waals surface area contributed by atoms with Gasteiger partial charge in [0.05, 0.1) is 11.6 Å². The summed E-state index contributed by atoms with van der Waals surface area (Å²) in [7, 11) is 0. The molecule has 3 aromatic rings. The van der Waals surface area contributed by atoms with Crippen molar-refractivity contribution in [2.45, 2.75) is 49.3 Å². The second-order valence-corrected chi connectivity index (χ2v) is 8.50. The van der Waals surface area contributed by atoms with Gasteiger partial charge in [0.15, 0.2) is 5.82 Å². The molecule has 1 aromatic heterocycles. The van der Waals surface area contributed by atoms with Crippen molar-refractivity contribution in [3.8, 4) is 0 Å². The van der Waals surface area contributed by atoms with E-state index in [9.17, 15) is 18.0 Å². The number of hydrogen-bond donors (Lipinski definition) is 2. The van der Waals surface area contributed by atoms with E-state index < -0.39 is 28.9 Å². The molecular formula is C22H22F3N5OS. The second-order valence-electron chi connectivity index (χ2n) is 7.40. The fourth-order valence-corrected chi connectivity index (χ4v) is 4.62. The van der Waals surface area contributed by atoms with Crippen LogP contribution in [0.2, 0.25) is 0 Å². The Hall–Kier alpha value is -3.01. The summed E-state index contributed by atoms with van der Waals surface area (Å²) in [5.41, 5.74) is 4.66. The van der Waals surface area contributed by atoms with E-state index in [1.807, 2.05) is 31.2 Å². The molecule has 2 heterocycles. The Morgan fingerprint density at radius 1 is 1.12 bits per heavy atom. The Morgan fingerprint density at radius 3 is 2.53 bits per heavy atom. The van der Waals surface area contributed by atoms with Crippen LogP contribution in [-0.2, 0) is 23.8 Å². The van der Waals surface area contributed by atoms with Crippen molar-refractivity contribution in [2.75, 3.05) is 10.7 Å². The highest BCUT2D eigenvalue weighted by Gasteiger charge is 2.38. The van der Waals surface area contributed by atoms with Crippen molar-refractivity contribution in [1.82, 2.24) is 14.9 Å². The lowest BCUT2D eigenvalue weighted by Gasteiger charge is -2.33. The molecule has 6 nitrogen and oxygen atoms in total. The number of rotatable bonds is 5. The maximum atomic E-state index is 13.2. The smallest absolute Gasteiger partial charge is 0.325 e. The number of aryl methyl sites for hydroxylation is 2.